The summed E-state index contributed by atoms with van der Waals surface area (Å²) in [5.74, 6) is -0.358. The summed E-state index contributed by atoms with van der Waals surface area (Å²) in [5.41, 5.74) is 7.78. The molecule has 1 amide bonds. The molecule has 110 valence electrons. The van der Waals surface area contributed by atoms with Crippen LogP contribution in [-0.2, 0) is 10.3 Å². The van der Waals surface area contributed by atoms with E-state index >= 15 is 0 Å². The molecule has 0 aliphatic rings. The number of carbonyl (C=O) groups excluding carboxylic acids is 1. The summed E-state index contributed by atoms with van der Waals surface area (Å²) >= 11 is 0. The van der Waals surface area contributed by atoms with Gasteiger partial charge in [0.05, 0.1) is 0 Å². The number of hydrogen-bond acceptors (Lipinski definition) is 2. The Kier molecular flexibility index (Phi) is 4.32. The second-order valence-electron chi connectivity index (χ2n) is 5.69. The highest BCUT2D eigenvalue weighted by Crippen LogP contribution is 2.33. The van der Waals surface area contributed by atoms with Crippen molar-refractivity contribution in [3.05, 3.63) is 65.7 Å². The minimum atomic E-state index is -0.922. The second-order valence-corrected chi connectivity index (χ2v) is 5.69. The number of nitrogens with one attached hydrogen (secondary N) is 1. The van der Waals surface area contributed by atoms with Crippen molar-refractivity contribution in [2.45, 2.75) is 26.3 Å². The molecule has 3 heteroatoms. The van der Waals surface area contributed by atoms with Crippen LogP contribution in [0.3, 0.4) is 0 Å². The van der Waals surface area contributed by atoms with Crippen molar-refractivity contribution in [2.75, 3.05) is 5.32 Å². The predicted octanol–water partition coefficient (Wildman–Crippen LogP) is 3.44. The minimum absolute atomic E-state index is 0.0120. The largest absolute Gasteiger partial charge is 0.367 e. The van der Waals surface area contributed by atoms with E-state index in [1.807, 2.05) is 75.4 Å². The quantitative estimate of drug-likeness (QED) is 0.882. The van der Waals surface area contributed by atoms with Gasteiger partial charge in [-0.25, -0.2) is 0 Å². The average Bonchev–Trinajstić information content (AvgIpc) is 2.45. The molecule has 0 aliphatic carbocycles. The predicted molar refractivity (Wildman–Crippen MR) is 87.0 cm³/mol. The van der Waals surface area contributed by atoms with E-state index in [1.54, 1.807) is 0 Å². The number of rotatable bonds is 5. The number of hydrogen-bond donors (Lipinski definition) is 2. The summed E-state index contributed by atoms with van der Waals surface area (Å²) in [4.78, 5) is 12.3. The van der Waals surface area contributed by atoms with Crippen molar-refractivity contribution < 1.29 is 4.79 Å². The van der Waals surface area contributed by atoms with E-state index in [0.29, 0.717) is 0 Å². The van der Waals surface area contributed by atoms with Crippen LogP contribution in [0.25, 0.3) is 0 Å². The van der Waals surface area contributed by atoms with E-state index < -0.39 is 5.54 Å². The van der Waals surface area contributed by atoms with E-state index in [1.165, 1.54) is 0 Å². The van der Waals surface area contributed by atoms with Gasteiger partial charge in [0.15, 0.2) is 0 Å². The molecule has 0 bridgehead atoms. The maximum atomic E-state index is 12.3. The molecular weight excluding hydrogens is 260 g/mol. The first-order valence-electron chi connectivity index (χ1n) is 7.17. The highest BCUT2D eigenvalue weighted by molar-refractivity contribution is 5.89. The fourth-order valence-corrected chi connectivity index (χ4v) is 2.69. The van der Waals surface area contributed by atoms with Gasteiger partial charge in [-0.05, 0) is 36.1 Å². The first-order chi connectivity index (χ1) is 9.96. The lowest BCUT2D eigenvalue weighted by Crippen LogP contribution is -2.51. The second kappa shape index (κ2) is 6.00. The molecule has 0 saturated heterocycles. The van der Waals surface area contributed by atoms with Crippen molar-refractivity contribution in [1.82, 2.24) is 0 Å². The van der Waals surface area contributed by atoms with E-state index in [0.717, 1.165) is 16.8 Å². The molecular formula is C18H22N2O. The Morgan fingerprint density at radius 3 is 2.29 bits per heavy atom. The van der Waals surface area contributed by atoms with Crippen molar-refractivity contribution in [2.24, 2.45) is 11.7 Å². The van der Waals surface area contributed by atoms with Gasteiger partial charge in [-0.15, -0.1) is 0 Å². The topological polar surface area (TPSA) is 55.1 Å². The van der Waals surface area contributed by atoms with Crippen molar-refractivity contribution in [3.63, 3.8) is 0 Å². The number of primary amides is 1. The zero-order valence-electron chi connectivity index (χ0n) is 12.8. The van der Waals surface area contributed by atoms with Crippen LogP contribution in [-0.4, -0.2) is 5.91 Å². The molecule has 2 aromatic rings. The van der Waals surface area contributed by atoms with Crippen LogP contribution in [0.1, 0.15) is 25.0 Å². The molecule has 3 nitrogen and oxygen atoms in total. The summed E-state index contributed by atoms with van der Waals surface area (Å²) in [7, 11) is 0. The van der Waals surface area contributed by atoms with Gasteiger partial charge in [0, 0.05) is 5.69 Å². The third kappa shape index (κ3) is 2.92. The first-order valence-corrected chi connectivity index (χ1v) is 7.17. The Bertz CT molecular complexity index is 622. The monoisotopic (exact) mass is 282 g/mol. The highest BCUT2D eigenvalue weighted by Gasteiger charge is 2.41. The number of aryl methyl sites for hydroxylation is 1. The third-order valence-electron chi connectivity index (χ3n) is 3.84. The van der Waals surface area contributed by atoms with Crippen LogP contribution in [0.5, 0.6) is 0 Å². The molecule has 21 heavy (non-hydrogen) atoms. The molecule has 0 radical (unpaired) electrons. The lowest BCUT2D eigenvalue weighted by Gasteiger charge is -2.37. The van der Waals surface area contributed by atoms with Gasteiger partial charge in [-0.1, -0.05) is 56.3 Å². The summed E-state index contributed by atoms with van der Waals surface area (Å²) in [6.07, 6.45) is 0. The fraction of sp³-hybridized carbons (Fsp3) is 0.278. The molecule has 0 aromatic heterocycles. The molecule has 0 aliphatic heterocycles. The van der Waals surface area contributed by atoms with E-state index in [2.05, 4.69) is 5.32 Å². The lowest BCUT2D eigenvalue weighted by molar-refractivity contribution is -0.124. The first kappa shape index (κ1) is 15.1. The van der Waals surface area contributed by atoms with E-state index in [-0.39, 0.29) is 11.8 Å². The van der Waals surface area contributed by atoms with E-state index in [9.17, 15) is 4.79 Å². The van der Waals surface area contributed by atoms with Gasteiger partial charge in [0.2, 0.25) is 5.91 Å². The van der Waals surface area contributed by atoms with Crippen molar-refractivity contribution >= 4 is 11.6 Å². The Morgan fingerprint density at radius 1 is 1.10 bits per heavy atom. The molecule has 0 spiro atoms. The number of amides is 1. The molecule has 0 saturated carbocycles. The molecule has 1 atom stereocenters. The Morgan fingerprint density at radius 2 is 1.76 bits per heavy atom. The van der Waals surface area contributed by atoms with Gasteiger partial charge in [-0.2, -0.15) is 0 Å². The summed E-state index contributed by atoms with van der Waals surface area (Å²) < 4.78 is 0. The SMILES string of the molecule is Cc1cccc(NC(C(N)=O)(c2ccccc2)C(C)C)c1. The van der Waals surface area contributed by atoms with Crippen molar-refractivity contribution in [3.8, 4) is 0 Å². The van der Waals surface area contributed by atoms with Crippen LogP contribution < -0.4 is 11.1 Å². The summed E-state index contributed by atoms with van der Waals surface area (Å²) in [6.45, 7) is 6.02. The maximum absolute atomic E-state index is 12.3. The fourth-order valence-electron chi connectivity index (χ4n) is 2.69. The van der Waals surface area contributed by atoms with Gasteiger partial charge in [-0.3, -0.25) is 4.79 Å². The Balaban J connectivity index is 2.53. The van der Waals surface area contributed by atoms with Crippen LogP contribution in [0.4, 0.5) is 5.69 Å². The van der Waals surface area contributed by atoms with Crippen LogP contribution in [0.15, 0.2) is 54.6 Å². The number of benzene rings is 2. The lowest BCUT2D eigenvalue weighted by atomic mass is 9.78. The maximum Gasteiger partial charge on any atom is 0.248 e. The number of anilines is 1. The van der Waals surface area contributed by atoms with Gasteiger partial charge >= 0.3 is 0 Å². The van der Waals surface area contributed by atoms with Crippen molar-refractivity contribution in [1.29, 1.82) is 0 Å². The van der Waals surface area contributed by atoms with Crippen LogP contribution >= 0.6 is 0 Å². The Hall–Kier alpha value is -2.29. The zero-order chi connectivity index (χ0) is 15.5. The van der Waals surface area contributed by atoms with Crippen LogP contribution in [0.2, 0.25) is 0 Å². The van der Waals surface area contributed by atoms with Gasteiger partial charge in [0.25, 0.3) is 0 Å². The molecule has 0 fully saturated rings. The molecule has 3 N–H and O–H groups in total. The smallest absolute Gasteiger partial charge is 0.248 e. The number of carbonyl (C=O) groups is 1. The highest BCUT2D eigenvalue weighted by atomic mass is 16.1. The van der Waals surface area contributed by atoms with Gasteiger partial charge < -0.3 is 11.1 Å². The standard InChI is InChI=1S/C18H22N2O/c1-13(2)18(17(19)21,15-9-5-4-6-10-15)20-16-11-7-8-14(3)12-16/h4-13,20H,1-3H3,(H2,19,21). The Labute approximate surface area is 126 Å². The summed E-state index contributed by atoms with van der Waals surface area (Å²) in [5, 5.41) is 3.37. The molecule has 2 aromatic carbocycles. The third-order valence-corrected chi connectivity index (χ3v) is 3.84. The zero-order valence-corrected chi connectivity index (χ0v) is 12.8. The molecule has 2 rings (SSSR count). The van der Waals surface area contributed by atoms with Crippen LogP contribution in [0, 0.1) is 12.8 Å². The normalized spacial score (nSPS) is 13.7. The molecule has 0 heterocycles. The molecule has 1 unspecified atom stereocenters. The van der Waals surface area contributed by atoms with Gasteiger partial charge in [0.1, 0.15) is 5.54 Å². The average molecular weight is 282 g/mol. The summed E-state index contributed by atoms with van der Waals surface area (Å²) in [6, 6.07) is 17.6. The minimum Gasteiger partial charge on any atom is -0.367 e. The van der Waals surface area contributed by atoms with E-state index in [4.69, 9.17) is 5.73 Å². The number of nitrogens with two attached hydrogens (primary N) is 1.